The minimum Gasteiger partial charge on any atom is -0.593 e. The molecule has 4 heterocycles. The first-order valence-electron chi connectivity index (χ1n) is 18.1. The Hall–Kier alpha value is -1.95. The van der Waals surface area contributed by atoms with Crippen molar-refractivity contribution in [1.82, 2.24) is 9.62 Å². The van der Waals surface area contributed by atoms with E-state index in [1.807, 2.05) is 43.8 Å². The molecule has 1 amide bonds. The van der Waals surface area contributed by atoms with Gasteiger partial charge in [-0.1, -0.05) is 50.4 Å². The Kier molecular flexibility index (Phi) is 12.8. The van der Waals surface area contributed by atoms with E-state index in [4.69, 9.17) is 21.1 Å². The van der Waals surface area contributed by atoms with Crippen LogP contribution in [0.1, 0.15) is 80.3 Å². The van der Waals surface area contributed by atoms with Crippen molar-refractivity contribution >= 4 is 46.3 Å². The number of hydrogen-bond donors (Lipinski definition) is 1. The Morgan fingerprint density at radius 1 is 1.18 bits per heavy atom. The van der Waals surface area contributed by atoms with Crippen LogP contribution >= 0.6 is 23.4 Å². The van der Waals surface area contributed by atoms with Crippen LogP contribution in [0.2, 0.25) is 5.02 Å². The lowest BCUT2D eigenvalue weighted by Gasteiger charge is -2.38. The van der Waals surface area contributed by atoms with Gasteiger partial charge in [-0.3, -0.25) is 9.69 Å². The number of amides is 1. The van der Waals surface area contributed by atoms with Gasteiger partial charge >= 0.3 is 0 Å². The number of nitrogens with one attached hydrogen (secondary N) is 1. The van der Waals surface area contributed by atoms with E-state index in [-0.39, 0.29) is 34.0 Å². The third-order valence-corrected chi connectivity index (χ3v) is 13.2. The molecule has 4 aliphatic heterocycles. The molecule has 5 aliphatic rings. The summed E-state index contributed by atoms with van der Waals surface area (Å²) >= 11 is 6.76. The molecular formula is C38H51ClFN3O4S2. The Bertz CT molecular complexity index is 1490. The van der Waals surface area contributed by atoms with Gasteiger partial charge in [0, 0.05) is 62.1 Å². The van der Waals surface area contributed by atoms with Crippen LogP contribution in [0.5, 0.6) is 5.75 Å². The van der Waals surface area contributed by atoms with E-state index in [0.29, 0.717) is 54.9 Å². The lowest BCUT2D eigenvalue weighted by atomic mass is 9.76. The third-order valence-electron chi connectivity index (χ3n) is 10.7. The van der Waals surface area contributed by atoms with Crippen molar-refractivity contribution in [1.29, 1.82) is 0 Å². The number of nitrogens with zero attached hydrogens (tertiary/aromatic N) is 2. The second-order valence-electron chi connectivity index (χ2n) is 14.0. The minimum absolute atomic E-state index is 0.0279. The van der Waals surface area contributed by atoms with Gasteiger partial charge < -0.3 is 18.9 Å². The van der Waals surface area contributed by atoms with Crippen LogP contribution in [0.25, 0.3) is 0 Å². The van der Waals surface area contributed by atoms with E-state index in [1.165, 1.54) is 17.1 Å². The minimum atomic E-state index is -1.52. The fourth-order valence-electron chi connectivity index (χ4n) is 7.80. The van der Waals surface area contributed by atoms with Crippen LogP contribution in [0.4, 0.5) is 10.1 Å². The highest BCUT2D eigenvalue weighted by Crippen LogP contribution is 2.41. The summed E-state index contributed by atoms with van der Waals surface area (Å²) in [6, 6.07) is 9.04. The smallest absolute Gasteiger partial charge is 0.292 e. The van der Waals surface area contributed by atoms with Crippen molar-refractivity contribution in [3.8, 4) is 5.75 Å². The van der Waals surface area contributed by atoms with E-state index >= 15 is 4.39 Å². The molecule has 268 valence electrons. The molecule has 6 atom stereocenters. The molecule has 1 saturated heterocycles. The molecule has 0 radical (unpaired) electrons. The average Bonchev–Trinajstić information content (AvgIpc) is 3.27. The standard InChI is InChI=1S/C38H51ClFN3O4S2/c1-4-6-32-31(8-9-33(39)36(32)40)30-23-43-12-11-27(5-2)37(46-16-13-42-14-17-48-18-15-42)29-20-26(21-29)19-25(3)49(45)41-38(44)28-7-10-35(47-24-30)34(43)22-28/h7-10,20,22,25-27,30,37H,4-6,11-19,21,23-24H2,1-3H3,(H,41,44)/t25?,26-,27?,30?,37?,49?/m0/s1. The number of carbonyl (C=O) groups excluding carboxylic acids is 1. The van der Waals surface area contributed by atoms with Gasteiger partial charge in [-0.2, -0.15) is 16.5 Å². The molecule has 11 heteroatoms. The summed E-state index contributed by atoms with van der Waals surface area (Å²) in [7, 11) is 0. The average molecular weight is 732 g/mol. The molecule has 0 saturated carbocycles. The van der Waals surface area contributed by atoms with Crippen molar-refractivity contribution in [3.05, 3.63) is 69.5 Å². The maximum absolute atomic E-state index is 15.4. The van der Waals surface area contributed by atoms with E-state index < -0.39 is 11.4 Å². The van der Waals surface area contributed by atoms with E-state index in [2.05, 4.69) is 27.5 Å². The monoisotopic (exact) mass is 731 g/mol. The fourth-order valence-corrected chi connectivity index (χ4v) is 9.88. The number of halogens is 2. The second kappa shape index (κ2) is 17.0. The molecule has 2 aromatic carbocycles. The Balaban J connectivity index is 1.32. The summed E-state index contributed by atoms with van der Waals surface area (Å²) in [5.74, 6) is 2.85. The zero-order chi connectivity index (χ0) is 34.5. The number of thioether (sulfide) groups is 1. The summed E-state index contributed by atoms with van der Waals surface area (Å²) < 4.78 is 44.7. The molecular weight excluding hydrogens is 681 g/mol. The topological polar surface area (TPSA) is 77.1 Å². The van der Waals surface area contributed by atoms with Crippen molar-refractivity contribution in [3.63, 3.8) is 0 Å². The number of anilines is 1. The molecule has 5 unspecified atom stereocenters. The Morgan fingerprint density at radius 3 is 2.73 bits per heavy atom. The van der Waals surface area contributed by atoms with Crippen LogP contribution in [0.3, 0.4) is 0 Å². The van der Waals surface area contributed by atoms with Gasteiger partial charge in [-0.25, -0.2) is 4.39 Å². The molecule has 0 aromatic heterocycles. The lowest BCUT2D eigenvalue weighted by molar-refractivity contribution is 0.0155. The zero-order valence-electron chi connectivity index (χ0n) is 29.1. The SMILES string of the molecule is CCCc1c(C2COc3ccc4cc3N(CCC(CC)C(OCCN3CCSCC3)C3=C[C@@H](C3)CC(C)[S+]([O-])NC4=O)C2)ccc(Cl)c1F. The molecule has 1 N–H and O–H groups in total. The Labute approximate surface area is 304 Å². The van der Waals surface area contributed by atoms with Crippen LogP contribution in [0.15, 0.2) is 42.0 Å². The predicted molar refractivity (Wildman–Crippen MR) is 200 cm³/mol. The van der Waals surface area contributed by atoms with Crippen molar-refractivity contribution in [2.24, 2.45) is 11.8 Å². The number of rotatable bonds is 8. The number of ether oxygens (including phenoxy) is 2. The lowest BCUT2D eigenvalue weighted by Crippen LogP contribution is -2.41. The third kappa shape index (κ3) is 8.75. The zero-order valence-corrected chi connectivity index (χ0v) is 31.4. The van der Waals surface area contributed by atoms with Crippen LogP contribution in [0, 0.1) is 17.7 Å². The molecule has 7 rings (SSSR count). The normalized spacial score (nSPS) is 28.2. The molecule has 7 nitrogen and oxygen atoms in total. The second-order valence-corrected chi connectivity index (χ2v) is 17.2. The first-order valence-corrected chi connectivity index (χ1v) is 20.8. The number of allylic oxidation sites excluding steroid dienone is 1. The largest absolute Gasteiger partial charge is 0.593 e. The summed E-state index contributed by atoms with van der Waals surface area (Å²) in [5.41, 5.74) is 4.18. The molecule has 49 heavy (non-hydrogen) atoms. The number of hydrogen-bond acceptors (Lipinski definition) is 7. The highest BCUT2D eigenvalue weighted by molar-refractivity contribution is 7.99. The quantitative estimate of drug-likeness (QED) is 0.224. The molecule has 0 spiro atoms. The predicted octanol–water partition coefficient (Wildman–Crippen LogP) is 7.40. The molecule has 1 aliphatic carbocycles. The van der Waals surface area contributed by atoms with Crippen molar-refractivity contribution in [2.75, 3.05) is 62.3 Å². The van der Waals surface area contributed by atoms with Crippen molar-refractivity contribution in [2.45, 2.75) is 76.6 Å². The van der Waals surface area contributed by atoms with Gasteiger partial charge in [0.25, 0.3) is 5.91 Å². The number of benzene rings is 2. The first-order chi connectivity index (χ1) is 23.7. The van der Waals surface area contributed by atoms with E-state index in [1.54, 1.807) is 12.1 Å². The fraction of sp³-hybridized carbons (Fsp3) is 0.605. The maximum Gasteiger partial charge on any atom is 0.292 e. The number of carbonyl (C=O) groups is 1. The van der Waals surface area contributed by atoms with E-state index in [9.17, 15) is 9.35 Å². The summed E-state index contributed by atoms with van der Waals surface area (Å²) in [4.78, 5) is 18.2. The van der Waals surface area contributed by atoms with Crippen LogP contribution < -0.4 is 14.4 Å². The van der Waals surface area contributed by atoms with Gasteiger partial charge in [0.1, 0.15) is 16.8 Å². The van der Waals surface area contributed by atoms with E-state index in [0.717, 1.165) is 69.5 Å². The van der Waals surface area contributed by atoms with Gasteiger partial charge in [0.15, 0.2) is 0 Å². The van der Waals surface area contributed by atoms with Crippen LogP contribution in [-0.4, -0.2) is 84.2 Å². The first kappa shape index (κ1) is 36.8. The summed E-state index contributed by atoms with van der Waals surface area (Å²) in [6.45, 7) is 11.8. The number of fused-ring (bicyclic) bond motifs is 7. The Morgan fingerprint density at radius 2 is 1.98 bits per heavy atom. The summed E-state index contributed by atoms with van der Waals surface area (Å²) in [6.07, 6.45) is 7.31. The van der Waals surface area contributed by atoms with Gasteiger partial charge in [0.05, 0.1) is 41.4 Å². The molecule has 1 fully saturated rings. The molecule has 2 aromatic rings. The van der Waals surface area contributed by atoms with Gasteiger partial charge in [0.2, 0.25) is 0 Å². The highest BCUT2D eigenvalue weighted by atomic mass is 35.5. The summed E-state index contributed by atoms with van der Waals surface area (Å²) in [5, 5.41) is -0.0441. The molecule has 4 bridgehead atoms. The van der Waals surface area contributed by atoms with Crippen LogP contribution in [-0.2, 0) is 22.5 Å². The van der Waals surface area contributed by atoms with Gasteiger partial charge in [-0.05, 0) is 79.0 Å². The maximum atomic E-state index is 15.4. The highest BCUT2D eigenvalue weighted by Gasteiger charge is 2.36. The van der Waals surface area contributed by atoms with Gasteiger partial charge in [-0.15, -0.1) is 0 Å². The van der Waals surface area contributed by atoms with Crippen molar-refractivity contribution < 1.29 is 23.2 Å².